The summed E-state index contributed by atoms with van der Waals surface area (Å²) in [5, 5.41) is 3.30. The molecule has 136 valence electrons. The number of hydrogen-bond acceptors (Lipinski definition) is 3. The van der Waals surface area contributed by atoms with Crippen molar-refractivity contribution in [3.05, 3.63) is 68.7 Å². The third-order valence-corrected chi connectivity index (χ3v) is 4.45. The first-order valence-electron chi connectivity index (χ1n) is 7.67. The summed E-state index contributed by atoms with van der Waals surface area (Å²) in [4.78, 5) is 24.0. The molecule has 0 saturated heterocycles. The van der Waals surface area contributed by atoms with Crippen molar-refractivity contribution in [1.29, 1.82) is 0 Å². The number of carbonyl (C=O) groups is 2. The largest absolute Gasteiger partial charge is 0.449 e. The van der Waals surface area contributed by atoms with E-state index in [2.05, 4.69) is 5.32 Å². The average molecular weight is 413 g/mol. The number of aryl methyl sites for hydroxylation is 1. The summed E-state index contributed by atoms with van der Waals surface area (Å²) >= 11 is 17.8. The molecule has 4 nitrogen and oxygen atoms in total. The molecule has 2 aromatic carbocycles. The van der Waals surface area contributed by atoms with E-state index in [4.69, 9.17) is 39.5 Å². The van der Waals surface area contributed by atoms with Gasteiger partial charge in [0.25, 0.3) is 5.91 Å². The summed E-state index contributed by atoms with van der Waals surface area (Å²) in [5.41, 5.74) is 2.26. The van der Waals surface area contributed by atoms with E-state index in [-0.39, 0.29) is 20.8 Å². The van der Waals surface area contributed by atoms with Gasteiger partial charge in [-0.2, -0.15) is 0 Å². The Morgan fingerprint density at radius 3 is 2.31 bits per heavy atom. The fourth-order valence-electron chi connectivity index (χ4n) is 1.96. The molecule has 0 bridgehead atoms. The van der Waals surface area contributed by atoms with Gasteiger partial charge in [-0.15, -0.1) is 0 Å². The van der Waals surface area contributed by atoms with Crippen molar-refractivity contribution >= 4 is 58.4 Å². The fourth-order valence-corrected chi connectivity index (χ4v) is 2.56. The van der Waals surface area contributed by atoms with E-state index in [1.165, 1.54) is 25.1 Å². The number of rotatable bonds is 5. The van der Waals surface area contributed by atoms with Gasteiger partial charge in [0.2, 0.25) is 0 Å². The van der Waals surface area contributed by atoms with Crippen LogP contribution in [-0.2, 0) is 14.3 Å². The van der Waals surface area contributed by atoms with Crippen molar-refractivity contribution in [1.82, 2.24) is 0 Å². The molecule has 2 aromatic rings. The molecular formula is C19H16Cl3NO3. The van der Waals surface area contributed by atoms with E-state index in [9.17, 15) is 9.59 Å². The third kappa shape index (κ3) is 5.77. The molecule has 0 aliphatic rings. The van der Waals surface area contributed by atoms with Gasteiger partial charge in [-0.3, -0.25) is 4.79 Å². The van der Waals surface area contributed by atoms with Crippen LogP contribution in [0.2, 0.25) is 15.1 Å². The number of nitrogens with one attached hydrogen (secondary N) is 1. The van der Waals surface area contributed by atoms with Gasteiger partial charge >= 0.3 is 5.97 Å². The molecule has 1 amide bonds. The van der Waals surface area contributed by atoms with Crippen LogP contribution < -0.4 is 5.32 Å². The normalized spacial score (nSPS) is 12.0. The minimum Gasteiger partial charge on any atom is -0.449 e. The second kappa shape index (κ2) is 9.08. The maximum Gasteiger partial charge on any atom is 0.331 e. The molecule has 0 heterocycles. The van der Waals surface area contributed by atoms with E-state index < -0.39 is 18.0 Å². The van der Waals surface area contributed by atoms with Gasteiger partial charge < -0.3 is 10.1 Å². The molecule has 0 spiro atoms. The zero-order chi connectivity index (χ0) is 19.3. The summed E-state index contributed by atoms with van der Waals surface area (Å²) in [7, 11) is 0. The molecule has 0 aliphatic carbocycles. The summed E-state index contributed by atoms with van der Waals surface area (Å²) in [6.07, 6.45) is 1.86. The maximum atomic E-state index is 12.2. The van der Waals surface area contributed by atoms with Crippen LogP contribution in [0.1, 0.15) is 18.1 Å². The van der Waals surface area contributed by atoms with Crippen molar-refractivity contribution in [2.24, 2.45) is 0 Å². The highest BCUT2D eigenvalue weighted by Crippen LogP contribution is 2.32. The second-order valence-corrected chi connectivity index (χ2v) is 6.78. The molecule has 1 atom stereocenters. The highest BCUT2D eigenvalue weighted by Gasteiger charge is 2.18. The topological polar surface area (TPSA) is 55.4 Å². The van der Waals surface area contributed by atoms with Gasteiger partial charge in [0.15, 0.2) is 6.10 Å². The molecule has 1 N–H and O–H groups in total. The van der Waals surface area contributed by atoms with Gasteiger partial charge in [0.1, 0.15) is 0 Å². The van der Waals surface area contributed by atoms with Gasteiger partial charge in [0, 0.05) is 6.08 Å². The van der Waals surface area contributed by atoms with Crippen LogP contribution in [0.3, 0.4) is 0 Å². The highest BCUT2D eigenvalue weighted by molar-refractivity contribution is 6.44. The van der Waals surface area contributed by atoms with E-state index in [1.54, 1.807) is 6.08 Å². The highest BCUT2D eigenvalue weighted by atomic mass is 35.5. The van der Waals surface area contributed by atoms with Gasteiger partial charge in [-0.25, -0.2) is 4.79 Å². The van der Waals surface area contributed by atoms with Crippen LogP contribution >= 0.6 is 34.8 Å². The maximum absolute atomic E-state index is 12.2. The lowest BCUT2D eigenvalue weighted by Gasteiger charge is -2.13. The van der Waals surface area contributed by atoms with E-state index >= 15 is 0 Å². The quantitative estimate of drug-likeness (QED) is 0.398. The van der Waals surface area contributed by atoms with Gasteiger partial charge in [-0.05, 0) is 37.6 Å². The van der Waals surface area contributed by atoms with Crippen LogP contribution in [0.4, 0.5) is 5.69 Å². The number of benzene rings is 2. The van der Waals surface area contributed by atoms with Crippen LogP contribution in [0.5, 0.6) is 0 Å². The fraction of sp³-hybridized carbons (Fsp3) is 0.158. The molecule has 26 heavy (non-hydrogen) atoms. The van der Waals surface area contributed by atoms with E-state index in [1.807, 2.05) is 31.2 Å². The lowest BCUT2D eigenvalue weighted by molar-refractivity contribution is -0.148. The number of anilines is 1. The number of hydrogen-bond donors (Lipinski definition) is 1. The molecule has 0 unspecified atom stereocenters. The number of carbonyl (C=O) groups excluding carboxylic acids is 2. The Morgan fingerprint density at radius 1 is 1.04 bits per heavy atom. The summed E-state index contributed by atoms with van der Waals surface area (Å²) in [6, 6.07) is 10.5. The minimum absolute atomic E-state index is 0.227. The van der Waals surface area contributed by atoms with E-state index in [0.717, 1.165) is 11.1 Å². The third-order valence-electron chi connectivity index (χ3n) is 3.42. The smallest absolute Gasteiger partial charge is 0.331 e. The predicted octanol–water partition coefficient (Wildman–Crippen LogP) is 5.54. The Bertz CT molecular complexity index is 848. The summed E-state index contributed by atoms with van der Waals surface area (Å²) in [6.45, 7) is 3.43. The second-order valence-electron chi connectivity index (χ2n) is 5.56. The predicted molar refractivity (Wildman–Crippen MR) is 106 cm³/mol. The Kier molecular flexibility index (Phi) is 7.09. The SMILES string of the molecule is Cc1ccc(/C=C/C(=O)O[C@H](C)C(=O)Nc2cc(Cl)c(Cl)cc2Cl)cc1. The molecule has 0 saturated carbocycles. The first-order valence-corrected chi connectivity index (χ1v) is 8.80. The van der Waals surface area contributed by atoms with Crippen molar-refractivity contribution in [2.75, 3.05) is 5.32 Å². The monoisotopic (exact) mass is 411 g/mol. The summed E-state index contributed by atoms with van der Waals surface area (Å²) in [5.74, 6) is -1.17. The molecule has 7 heteroatoms. The minimum atomic E-state index is -1.02. The lowest BCUT2D eigenvalue weighted by atomic mass is 10.1. The molecule has 0 aliphatic heterocycles. The zero-order valence-corrected chi connectivity index (χ0v) is 16.3. The van der Waals surface area contributed by atoms with Crippen molar-refractivity contribution in [3.8, 4) is 0 Å². The standard InChI is InChI=1S/C19H16Cl3NO3/c1-11-3-5-13(6-4-11)7-8-18(24)26-12(2)19(25)23-17-10-15(21)14(20)9-16(17)22/h3-10,12H,1-2H3,(H,23,25)/b8-7+/t12-/m1/s1. The van der Waals surface area contributed by atoms with Gasteiger partial charge in [0.05, 0.1) is 20.8 Å². The molecule has 0 radical (unpaired) electrons. The molecular weight excluding hydrogens is 397 g/mol. The first kappa shape index (κ1) is 20.3. The van der Waals surface area contributed by atoms with Gasteiger partial charge in [-0.1, -0.05) is 64.6 Å². The van der Waals surface area contributed by atoms with Crippen LogP contribution in [-0.4, -0.2) is 18.0 Å². The molecule has 2 rings (SSSR count). The average Bonchev–Trinajstić information content (AvgIpc) is 2.59. The lowest BCUT2D eigenvalue weighted by Crippen LogP contribution is -2.29. The molecule has 0 fully saturated rings. The number of ether oxygens (including phenoxy) is 1. The number of halogens is 3. The first-order chi connectivity index (χ1) is 12.3. The van der Waals surface area contributed by atoms with Crippen molar-refractivity contribution in [3.63, 3.8) is 0 Å². The van der Waals surface area contributed by atoms with E-state index in [0.29, 0.717) is 0 Å². The van der Waals surface area contributed by atoms with Crippen LogP contribution in [0.15, 0.2) is 42.5 Å². The zero-order valence-electron chi connectivity index (χ0n) is 14.1. The van der Waals surface area contributed by atoms with Crippen LogP contribution in [0, 0.1) is 6.92 Å². The number of esters is 1. The van der Waals surface area contributed by atoms with Crippen molar-refractivity contribution < 1.29 is 14.3 Å². The molecule has 0 aromatic heterocycles. The Hall–Kier alpha value is -2.01. The number of amides is 1. The Balaban J connectivity index is 1.95. The summed E-state index contributed by atoms with van der Waals surface area (Å²) < 4.78 is 5.08. The van der Waals surface area contributed by atoms with Crippen LogP contribution in [0.25, 0.3) is 6.08 Å². The Morgan fingerprint density at radius 2 is 1.65 bits per heavy atom. The Labute approximate surface area is 166 Å². The van der Waals surface area contributed by atoms with Crippen molar-refractivity contribution in [2.45, 2.75) is 20.0 Å².